The highest BCUT2D eigenvalue weighted by molar-refractivity contribution is 6.35. The van der Waals surface area contributed by atoms with Gasteiger partial charge < -0.3 is 24.4 Å². The maximum absolute atomic E-state index is 13.9. The van der Waals surface area contributed by atoms with Crippen molar-refractivity contribution in [1.29, 1.82) is 0 Å². The summed E-state index contributed by atoms with van der Waals surface area (Å²) in [6.45, 7) is 6.43. The number of ether oxygens (including phenoxy) is 1. The van der Waals surface area contributed by atoms with Gasteiger partial charge in [0.1, 0.15) is 29.5 Å². The first-order chi connectivity index (χ1) is 30.7. The van der Waals surface area contributed by atoms with Crippen molar-refractivity contribution in [2.24, 2.45) is 5.92 Å². The predicted octanol–water partition coefficient (Wildman–Crippen LogP) is 6.56. The summed E-state index contributed by atoms with van der Waals surface area (Å²) in [4.78, 5) is 85.2. The zero-order valence-electron chi connectivity index (χ0n) is 35.2. The second kappa shape index (κ2) is 18.7. The minimum absolute atomic E-state index is 0.152. The number of halogens is 1. The molecule has 63 heavy (non-hydrogen) atoms. The van der Waals surface area contributed by atoms with E-state index in [-0.39, 0.29) is 40.9 Å². The number of ketones is 1. The van der Waals surface area contributed by atoms with Crippen molar-refractivity contribution in [3.63, 3.8) is 0 Å². The number of carbonyl (C=O) groups is 5. The molecule has 4 amide bonds. The summed E-state index contributed by atoms with van der Waals surface area (Å²) in [5, 5.41) is 3.35. The normalized spacial score (nSPS) is 19.4. The molecule has 15 heteroatoms. The van der Waals surface area contributed by atoms with E-state index in [9.17, 15) is 24.0 Å². The summed E-state index contributed by atoms with van der Waals surface area (Å²) < 4.78 is 5.91. The number of para-hydroxylation sites is 1. The Morgan fingerprint density at radius 1 is 0.857 bits per heavy atom. The summed E-state index contributed by atoms with van der Waals surface area (Å²) in [5.41, 5.74) is 4.83. The van der Waals surface area contributed by atoms with Crippen LogP contribution in [0.25, 0.3) is 11.0 Å². The Labute approximate surface area is 370 Å². The van der Waals surface area contributed by atoms with Gasteiger partial charge in [-0.25, -0.2) is 9.97 Å². The van der Waals surface area contributed by atoms with Crippen molar-refractivity contribution in [2.75, 3.05) is 50.7 Å². The van der Waals surface area contributed by atoms with Crippen LogP contribution in [0.3, 0.4) is 0 Å². The Morgan fingerprint density at radius 3 is 2.51 bits per heavy atom. The fraction of sp³-hybridized carbons (Fsp3) is 0.396. The first-order valence-electron chi connectivity index (χ1n) is 22.1. The monoisotopic (exact) mass is 870 g/mol. The molecule has 0 radical (unpaired) electrons. The number of anilines is 1. The van der Waals surface area contributed by atoms with Gasteiger partial charge in [0, 0.05) is 87.7 Å². The lowest BCUT2D eigenvalue weighted by atomic mass is 9.91. The van der Waals surface area contributed by atoms with Crippen molar-refractivity contribution in [3.8, 4) is 11.5 Å². The SMILES string of the molecule is O=C1CC[C@H](N2Cc3cc(N4CCN(CCCCCC(=O)N5CCC[C@@H](Cc6ncnc7[nH]cc(C(=O)c8ccc(Oc9ccccc9)cc8Cl)c67)C5)CC4)ccc3C2=O)C(=O)N1. The van der Waals surface area contributed by atoms with Gasteiger partial charge in [0.25, 0.3) is 5.91 Å². The standard InChI is InChI=1S/C48H51ClN8O6/c49-39-26-35(63-34-9-3-1-4-10-34)13-15-37(39)45(60)38-27-50-46-44(38)40(51-30-52-46)24-31-8-7-19-56(28-31)43(59)11-5-2-6-18-54-20-22-55(23-21-54)33-12-14-36-32(25-33)29-57(48(36)62)41-16-17-42(58)53-47(41)61/h1,3-4,9-10,12-15,25-27,30-31,41H,2,5-8,11,16-24,28-29H2,(H,50,51,52)(H,53,58,61)/t31-,41-/m0/s1. The molecule has 326 valence electrons. The first-order valence-corrected chi connectivity index (χ1v) is 22.5. The minimum atomic E-state index is -0.614. The number of aromatic nitrogens is 3. The largest absolute Gasteiger partial charge is 0.457 e. The number of piperidine rings is 2. The summed E-state index contributed by atoms with van der Waals surface area (Å²) in [7, 11) is 0. The van der Waals surface area contributed by atoms with Crippen LogP contribution >= 0.6 is 11.6 Å². The van der Waals surface area contributed by atoms with Gasteiger partial charge in [0.15, 0.2) is 5.78 Å². The van der Waals surface area contributed by atoms with Crippen molar-refractivity contribution in [2.45, 2.75) is 70.4 Å². The van der Waals surface area contributed by atoms with Crippen LogP contribution in [0.2, 0.25) is 5.02 Å². The Hall–Kier alpha value is -6.12. The number of piperazine rings is 1. The van der Waals surface area contributed by atoms with Crippen LogP contribution in [0.5, 0.6) is 11.5 Å². The third kappa shape index (κ3) is 9.33. The van der Waals surface area contributed by atoms with Crippen LogP contribution in [-0.4, -0.2) is 111 Å². The fourth-order valence-corrected chi connectivity index (χ4v) is 9.80. The third-order valence-electron chi connectivity index (χ3n) is 12.9. The van der Waals surface area contributed by atoms with Crippen LogP contribution in [0.15, 0.2) is 79.3 Å². The van der Waals surface area contributed by atoms with E-state index in [1.807, 2.05) is 47.4 Å². The molecule has 4 aliphatic heterocycles. The maximum Gasteiger partial charge on any atom is 0.255 e. The molecule has 9 rings (SSSR count). The number of hydrogen-bond acceptors (Lipinski definition) is 10. The quantitative estimate of drug-likeness (QED) is 0.0711. The maximum atomic E-state index is 13.9. The zero-order valence-corrected chi connectivity index (χ0v) is 35.9. The lowest BCUT2D eigenvalue weighted by molar-refractivity contribution is -0.137. The second-order valence-electron chi connectivity index (χ2n) is 17.1. The van der Waals surface area contributed by atoms with Gasteiger partial charge in [-0.15, -0.1) is 0 Å². The smallest absolute Gasteiger partial charge is 0.255 e. The molecule has 0 aliphatic carbocycles. The number of unbranched alkanes of at least 4 members (excludes halogenated alkanes) is 2. The number of rotatable bonds is 14. The Kier molecular flexibility index (Phi) is 12.5. The van der Waals surface area contributed by atoms with Crippen LogP contribution in [0.4, 0.5) is 5.69 Å². The van der Waals surface area contributed by atoms with Gasteiger partial charge in [-0.1, -0.05) is 36.2 Å². The molecule has 0 bridgehead atoms. The van der Waals surface area contributed by atoms with Crippen molar-refractivity contribution < 1.29 is 28.7 Å². The van der Waals surface area contributed by atoms with E-state index in [0.29, 0.717) is 71.6 Å². The Morgan fingerprint density at radius 2 is 1.70 bits per heavy atom. The first kappa shape index (κ1) is 42.2. The molecule has 2 atom stereocenters. The number of benzene rings is 3. The van der Waals surface area contributed by atoms with Gasteiger partial charge in [-0.3, -0.25) is 34.2 Å². The molecule has 14 nitrogen and oxygen atoms in total. The average Bonchev–Trinajstić information content (AvgIpc) is 3.88. The van der Waals surface area contributed by atoms with Crippen molar-refractivity contribution >= 4 is 57.7 Å². The van der Waals surface area contributed by atoms with E-state index in [2.05, 4.69) is 36.1 Å². The summed E-state index contributed by atoms with van der Waals surface area (Å²) >= 11 is 6.65. The molecule has 0 spiro atoms. The number of aromatic amines is 1. The van der Waals surface area contributed by atoms with Gasteiger partial charge in [-0.2, -0.15) is 0 Å². The third-order valence-corrected chi connectivity index (χ3v) is 13.2. The van der Waals surface area contributed by atoms with E-state index in [4.69, 9.17) is 16.3 Å². The van der Waals surface area contributed by atoms with Crippen LogP contribution in [-0.2, 0) is 27.3 Å². The highest BCUT2D eigenvalue weighted by atomic mass is 35.5. The van der Waals surface area contributed by atoms with Crippen molar-refractivity contribution in [1.82, 2.24) is 35.0 Å². The van der Waals surface area contributed by atoms with Gasteiger partial charge in [0.2, 0.25) is 17.7 Å². The van der Waals surface area contributed by atoms with Gasteiger partial charge in [0.05, 0.1) is 21.7 Å². The molecular formula is C48H51ClN8O6. The molecule has 4 aliphatic rings. The predicted molar refractivity (Wildman–Crippen MR) is 238 cm³/mol. The van der Waals surface area contributed by atoms with E-state index < -0.39 is 11.9 Å². The molecule has 5 aromatic rings. The van der Waals surface area contributed by atoms with E-state index in [1.54, 1.807) is 29.3 Å². The number of nitrogens with one attached hydrogen (secondary N) is 2. The molecule has 2 N–H and O–H groups in total. The summed E-state index contributed by atoms with van der Waals surface area (Å²) in [5.74, 6) is 0.553. The zero-order chi connectivity index (χ0) is 43.5. The average molecular weight is 871 g/mol. The number of imide groups is 1. The highest BCUT2D eigenvalue weighted by Gasteiger charge is 2.39. The minimum Gasteiger partial charge on any atom is -0.457 e. The highest BCUT2D eigenvalue weighted by Crippen LogP contribution is 2.33. The van der Waals surface area contributed by atoms with E-state index in [1.165, 1.54) is 6.33 Å². The molecule has 0 saturated carbocycles. The lowest BCUT2D eigenvalue weighted by Crippen LogP contribution is -2.52. The number of fused-ring (bicyclic) bond motifs is 2. The number of hydrogen-bond donors (Lipinski definition) is 2. The van der Waals surface area contributed by atoms with Gasteiger partial charge >= 0.3 is 0 Å². The number of amides is 4. The number of nitrogens with zero attached hydrogens (tertiary/aromatic N) is 6. The van der Waals surface area contributed by atoms with Crippen LogP contribution < -0.4 is 15.0 Å². The second-order valence-corrected chi connectivity index (χ2v) is 17.5. The molecule has 6 heterocycles. The molecular weight excluding hydrogens is 820 g/mol. The molecule has 0 unspecified atom stereocenters. The summed E-state index contributed by atoms with van der Waals surface area (Å²) in [6, 6.07) is 19.8. The lowest BCUT2D eigenvalue weighted by Gasteiger charge is -2.36. The number of H-pyrrole nitrogens is 1. The molecule has 2 aromatic heterocycles. The molecule has 3 fully saturated rings. The Bertz CT molecular complexity index is 2540. The van der Waals surface area contributed by atoms with Crippen LogP contribution in [0, 0.1) is 5.92 Å². The fourth-order valence-electron chi connectivity index (χ4n) is 9.54. The number of likely N-dealkylation sites (tertiary alicyclic amines) is 1. The topological polar surface area (TPSA) is 161 Å². The van der Waals surface area contributed by atoms with E-state index >= 15 is 0 Å². The van der Waals surface area contributed by atoms with Crippen LogP contribution in [0.1, 0.15) is 88.9 Å². The van der Waals surface area contributed by atoms with Crippen molar-refractivity contribution in [3.05, 3.63) is 112 Å². The molecule has 3 saturated heterocycles. The molecule has 3 aromatic carbocycles. The van der Waals surface area contributed by atoms with Gasteiger partial charge in [-0.05, 0) is 99.0 Å². The van der Waals surface area contributed by atoms with E-state index in [0.717, 1.165) is 88.3 Å². The summed E-state index contributed by atoms with van der Waals surface area (Å²) in [6.07, 6.45) is 9.73. The number of carbonyl (C=O) groups excluding carboxylic acids is 5. The Balaban J connectivity index is 0.717.